The number of carboxylic acid groups (broad SMARTS) is 1. The normalized spacial score (nSPS) is 16.6. The molecule has 0 saturated carbocycles. The summed E-state index contributed by atoms with van der Waals surface area (Å²) in [6.07, 6.45) is 1.90. The van der Waals surface area contributed by atoms with Crippen molar-refractivity contribution in [1.82, 2.24) is 41.5 Å². The number of benzene rings is 3. The molecule has 1 fully saturated rings. The van der Waals surface area contributed by atoms with Crippen LogP contribution in [0.5, 0.6) is 0 Å². The summed E-state index contributed by atoms with van der Waals surface area (Å²) in [6, 6.07) is 13.9. The van der Waals surface area contributed by atoms with Crippen molar-refractivity contribution in [3.8, 4) is 0 Å². The van der Waals surface area contributed by atoms with E-state index in [2.05, 4.69) is 36.6 Å². The summed E-state index contributed by atoms with van der Waals surface area (Å²) in [5.41, 5.74) is 14.8. The number of amides is 7. The maximum absolute atomic E-state index is 14.6. The molecular weight excluding hydrogens is 901 g/mol. The molecule has 5 aromatic rings. The van der Waals surface area contributed by atoms with E-state index in [1.165, 1.54) is 11.8 Å². The van der Waals surface area contributed by atoms with E-state index in [-0.39, 0.29) is 44.6 Å². The Morgan fingerprint density at radius 3 is 1.70 bits per heavy atom. The molecule has 13 N–H and O–H groups in total. The fourth-order valence-electron chi connectivity index (χ4n) is 8.69. The van der Waals surface area contributed by atoms with Gasteiger partial charge in [0.25, 0.3) is 0 Å². The predicted molar refractivity (Wildman–Crippen MR) is 259 cm³/mol. The summed E-state index contributed by atoms with van der Waals surface area (Å²) in [5, 5.41) is 34.9. The number of rotatable bonds is 23. The summed E-state index contributed by atoms with van der Waals surface area (Å²) in [7, 11) is 0. The van der Waals surface area contributed by atoms with Crippen LogP contribution in [-0.4, -0.2) is 127 Å². The van der Waals surface area contributed by atoms with E-state index in [0.717, 1.165) is 21.8 Å². The first-order valence-electron chi connectivity index (χ1n) is 23.3. The second-order valence-electron chi connectivity index (χ2n) is 18.2. The van der Waals surface area contributed by atoms with E-state index < -0.39 is 102 Å². The molecule has 1 saturated heterocycles. The van der Waals surface area contributed by atoms with Gasteiger partial charge in [0.1, 0.15) is 42.3 Å². The standard InChI is InChI=1S/C50H62N10O10/c1-27(2)20-39(58-48(67)43(52)28(3)61)49(68)60-19-11-18-41(60)47(66)57-38(24-42(51)62)46(65)56-37(22-30-25-53-34-16-9-7-14-32(30)34)45(64)55-36(21-29-12-5-4-6-13-29)44(63)59-40(50(69)70)23-31-26-54-35-17-10-8-15-33(31)35/h4-10,12-17,25-28,36-41,43,53-54,61H,11,18-24,52H2,1-3H3,(H2,51,62)(H,55,64)(H,56,65)(H,57,66)(H,58,67)(H,59,63)(H,69,70)/t28-,36+,37+,38+,39+,40+,41+,43+/m1/s1. The maximum atomic E-state index is 14.6. The Morgan fingerprint density at radius 2 is 1.16 bits per heavy atom. The first kappa shape index (κ1) is 51.8. The Bertz CT molecular complexity index is 2680. The van der Waals surface area contributed by atoms with E-state index in [1.807, 2.05) is 56.3 Å². The van der Waals surface area contributed by atoms with E-state index in [0.29, 0.717) is 23.1 Å². The first-order valence-corrected chi connectivity index (χ1v) is 23.3. The maximum Gasteiger partial charge on any atom is 0.326 e. The minimum Gasteiger partial charge on any atom is -0.480 e. The number of carboxylic acids is 1. The molecular formula is C50H62N10O10. The fourth-order valence-corrected chi connectivity index (χ4v) is 8.69. The van der Waals surface area contributed by atoms with E-state index in [1.54, 1.807) is 48.8 Å². The lowest BCUT2D eigenvalue weighted by atomic mass is 10.0. The van der Waals surface area contributed by atoms with Crippen LogP contribution < -0.4 is 38.1 Å². The molecule has 372 valence electrons. The van der Waals surface area contributed by atoms with Gasteiger partial charge in [0, 0.05) is 60.0 Å². The SMILES string of the molecule is CC(C)C[C@H](NC(=O)[C@@H](N)[C@@H](C)O)C(=O)N1CCC[C@H]1C(=O)N[C@@H](CC(N)=O)C(=O)N[C@@H](Cc1c[nH]c2ccccc12)C(=O)N[C@@H](Cc1ccccc1)C(=O)N[C@@H](Cc1c[nH]c2ccccc12)C(=O)O. The number of aliphatic carboxylic acids is 1. The van der Waals surface area contributed by atoms with Gasteiger partial charge in [-0.15, -0.1) is 0 Å². The number of nitrogens with two attached hydrogens (primary N) is 2. The fraction of sp³-hybridized carbons (Fsp3) is 0.400. The molecule has 1 aliphatic rings. The van der Waals surface area contributed by atoms with Gasteiger partial charge in [0.15, 0.2) is 0 Å². The summed E-state index contributed by atoms with van der Waals surface area (Å²) in [4.78, 5) is 117. The third-order valence-electron chi connectivity index (χ3n) is 12.4. The smallest absolute Gasteiger partial charge is 0.326 e. The van der Waals surface area contributed by atoms with Gasteiger partial charge in [-0.05, 0) is 60.9 Å². The number of carbonyl (C=O) groups excluding carboxylic acids is 7. The number of nitrogens with zero attached hydrogens (tertiary/aromatic N) is 1. The summed E-state index contributed by atoms with van der Waals surface area (Å²) >= 11 is 0. The van der Waals surface area contributed by atoms with Crippen molar-refractivity contribution in [2.24, 2.45) is 17.4 Å². The summed E-state index contributed by atoms with van der Waals surface area (Å²) < 4.78 is 0. The summed E-state index contributed by atoms with van der Waals surface area (Å²) in [5.74, 6) is -7.10. The number of aromatic nitrogens is 2. The molecule has 0 spiro atoms. The lowest BCUT2D eigenvalue weighted by molar-refractivity contribution is -0.143. The molecule has 6 rings (SSSR count). The Balaban J connectivity index is 1.25. The lowest BCUT2D eigenvalue weighted by Crippen LogP contribution is -2.60. The van der Waals surface area contributed by atoms with Gasteiger partial charge in [0.05, 0.1) is 12.5 Å². The number of hydrogen-bond donors (Lipinski definition) is 11. The van der Waals surface area contributed by atoms with Gasteiger partial charge in [-0.1, -0.05) is 80.6 Å². The van der Waals surface area contributed by atoms with Crippen molar-refractivity contribution in [3.05, 3.63) is 108 Å². The first-order chi connectivity index (χ1) is 33.4. The zero-order valence-electron chi connectivity index (χ0n) is 39.3. The number of hydrogen-bond acceptors (Lipinski definition) is 10. The van der Waals surface area contributed by atoms with Gasteiger partial charge in [-0.25, -0.2) is 4.79 Å². The molecule has 0 bridgehead atoms. The number of fused-ring (bicyclic) bond motifs is 2. The molecule has 20 nitrogen and oxygen atoms in total. The average molecular weight is 963 g/mol. The van der Waals surface area contributed by atoms with Crippen molar-refractivity contribution in [3.63, 3.8) is 0 Å². The number of nitrogens with one attached hydrogen (secondary N) is 7. The van der Waals surface area contributed by atoms with Gasteiger partial charge in [-0.2, -0.15) is 0 Å². The zero-order valence-corrected chi connectivity index (χ0v) is 39.3. The molecule has 0 unspecified atom stereocenters. The van der Waals surface area contributed by atoms with Gasteiger partial charge >= 0.3 is 5.97 Å². The van der Waals surface area contributed by atoms with Crippen LogP contribution in [0.4, 0.5) is 0 Å². The number of H-pyrrole nitrogens is 2. The monoisotopic (exact) mass is 962 g/mol. The van der Waals surface area contributed by atoms with Crippen LogP contribution in [0.2, 0.25) is 0 Å². The number of para-hydroxylation sites is 2. The van der Waals surface area contributed by atoms with E-state index in [4.69, 9.17) is 11.5 Å². The lowest BCUT2D eigenvalue weighted by Gasteiger charge is -2.31. The average Bonchev–Trinajstić information content (AvgIpc) is 4.09. The highest BCUT2D eigenvalue weighted by Crippen LogP contribution is 2.23. The molecule has 1 aliphatic heterocycles. The van der Waals surface area contributed by atoms with Crippen molar-refractivity contribution >= 4 is 69.1 Å². The molecule has 2 aromatic heterocycles. The topological polar surface area (TPSA) is 324 Å². The molecule has 3 aromatic carbocycles. The highest BCUT2D eigenvalue weighted by Gasteiger charge is 2.40. The molecule has 70 heavy (non-hydrogen) atoms. The number of primary amides is 1. The van der Waals surface area contributed by atoms with E-state index >= 15 is 0 Å². The third-order valence-corrected chi connectivity index (χ3v) is 12.4. The van der Waals surface area contributed by atoms with Gasteiger partial charge in [0.2, 0.25) is 41.4 Å². The minimum atomic E-state index is -1.64. The zero-order chi connectivity index (χ0) is 50.6. The van der Waals surface area contributed by atoms with E-state index in [9.17, 15) is 48.6 Å². The molecule has 20 heteroatoms. The second kappa shape index (κ2) is 23.6. The van der Waals surface area contributed by atoms with Crippen LogP contribution in [0.15, 0.2) is 91.3 Å². The Labute approximate surface area is 404 Å². The third kappa shape index (κ3) is 13.3. The minimum absolute atomic E-state index is 0.0718. The van der Waals surface area contributed by atoms with Crippen LogP contribution in [0.1, 0.15) is 63.1 Å². The molecule has 3 heterocycles. The van der Waals surface area contributed by atoms with Crippen LogP contribution in [0, 0.1) is 5.92 Å². The highest BCUT2D eigenvalue weighted by atomic mass is 16.4. The Morgan fingerprint density at radius 1 is 0.657 bits per heavy atom. The number of aromatic amines is 2. The Kier molecular flexibility index (Phi) is 17.5. The molecule has 0 aliphatic carbocycles. The summed E-state index contributed by atoms with van der Waals surface area (Å²) in [6.45, 7) is 5.16. The highest BCUT2D eigenvalue weighted by molar-refractivity contribution is 5.99. The van der Waals surface area contributed by atoms with Crippen LogP contribution >= 0.6 is 0 Å². The number of aliphatic hydroxyl groups is 1. The van der Waals surface area contributed by atoms with Crippen molar-refractivity contribution in [1.29, 1.82) is 0 Å². The second-order valence-corrected chi connectivity index (χ2v) is 18.2. The van der Waals surface area contributed by atoms with Gasteiger partial charge in [-0.3, -0.25) is 33.6 Å². The molecule has 0 radical (unpaired) electrons. The quantitative estimate of drug-likeness (QED) is 0.0435. The van der Waals surface area contributed by atoms with Crippen molar-refractivity contribution < 1.29 is 48.6 Å². The predicted octanol–water partition coefficient (Wildman–Crippen LogP) is 0.806. The van der Waals surface area contributed by atoms with Crippen LogP contribution in [-0.2, 0) is 57.6 Å². The number of carbonyl (C=O) groups is 8. The largest absolute Gasteiger partial charge is 0.480 e. The molecule has 8 atom stereocenters. The number of aliphatic hydroxyl groups excluding tert-OH is 1. The van der Waals surface area contributed by atoms with Crippen LogP contribution in [0.25, 0.3) is 21.8 Å². The Hall–Kier alpha value is -7.58. The van der Waals surface area contributed by atoms with Crippen LogP contribution in [0.3, 0.4) is 0 Å². The van der Waals surface area contributed by atoms with Gasteiger partial charge < -0.3 is 63.1 Å². The molecule has 7 amide bonds. The van der Waals surface area contributed by atoms with Crippen molar-refractivity contribution in [2.45, 2.75) is 114 Å². The van der Waals surface area contributed by atoms with Crippen molar-refractivity contribution in [2.75, 3.05) is 6.54 Å². The number of likely N-dealkylation sites (tertiary alicyclic amines) is 1.